The van der Waals surface area contributed by atoms with Gasteiger partial charge in [0.05, 0.1) is 5.41 Å². The first-order valence-corrected chi connectivity index (χ1v) is 13.8. The molecule has 0 unspecified atom stereocenters. The van der Waals surface area contributed by atoms with Crippen LogP contribution in [0.15, 0.2) is 24.3 Å². The van der Waals surface area contributed by atoms with E-state index in [-0.39, 0.29) is 17.7 Å². The van der Waals surface area contributed by atoms with Crippen LogP contribution in [0.2, 0.25) is 0 Å². The molecule has 0 bridgehead atoms. The van der Waals surface area contributed by atoms with Crippen molar-refractivity contribution in [3.05, 3.63) is 35.4 Å². The SMILES string of the molecule is CC[C@H](C)[C@@H]1NC(=O)C2(CCCCOCCCNC1=O)CCN(Cc1ccc(C(C)C)cc1)CC2. The Labute approximate surface area is 212 Å². The van der Waals surface area contributed by atoms with E-state index in [0.29, 0.717) is 19.1 Å². The topological polar surface area (TPSA) is 70.7 Å². The van der Waals surface area contributed by atoms with Crippen molar-refractivity contribution in [1.29, 1.82) is 0 Å². The van der Waals surface area contributed by atoms with Gasteiger partial charge in [-0.05, 0) is 68.2 Å². The maximum absolute atomic E-state index is 13.8. The molecule has 2 fully saturated rings. The molecule has 0 saturated carbocycles. The van der Waals surface area contributed by atoms with E-state index < -0.39 is 11.5 Å². The van der Waals surface area contributed by atoms with Gasteiger partial charge >= 0.3 is 0 Å². The molecule has 6 heteroatoms. The third-order valence-electron chi connectivity index (χ3n) is 8.09. The fourth-order valence-electron chi connectivity index (χ4n) is 5.26. The standard InChI is InChI=1S/C29H47N3O3/c1-5-23(4)26-27(33)30-16-8-20-35-19-7-6-13-29(28(34)31-26)14-17-32(18-15-29)21-24-9-11-25(12-10-24)22(2)3/h9-12,22-23,26H,5-8,13-21H2,1-4H3,(H,30,33)(H,31,34)/t23-,26-/m0/s1. The predicted octanol–water partition coefficient (Wildman–Crippen LogP) is 4.63. The van der Waals surface area contributed by atoms with Gasteiger partial charge in [-0.3, -0.25) is 14.5 Å². The lowest BCUT2D eigenvalue weighted by molar-refractivity contribution is -0.139. The second-order valence-corrected chi connectivity index (χ2v) is 11.0. The van der Waals surface area contributed by atoms with Crippen molar-refractivity contribution in [2.75, 3.05) is 32.8 Å². The minimum atomic E-state index is -0.481. The Morgan fingerprint density at radius 3 is 2.34 bits per heavy atom. The van der Waals surface area contributed by atoms with Crippen LogP contribution in [-0.2, 0) is 20.9 Å². The Hall–Kier alpha value is -1.92. The van der Waals surface area contributed by atoms with E-state index in [1.54, 1.807) is 0 Å². The fourth-order valence-corrected chi connectivity index (χ4v) is 5.26. The highest BCUT2D eigenvalue weighted by Gasteiger charge is 2.42. The van der Waals surface area contributed by atoms with E-state index >= 15 is 0 Å². The lowest BCUT2D eigenvalue weighted by Gasteiger charge is -2.42. The highest BCUT2D eigenvalue weighted by molar-refractivity contribution is 5.90. The molecular weight excluding hydrogens is 438 g/mol. The summed E-state index contributed by atoms with van der Waals surface area (Å²) in [6.45, 7) is 13.3. The highest BCUT2D eigenvalue weighted by atomic mass is 16.5. The summed E-state index contributed by atoms with van der Waals surface area (Å²) in [5.41, 5.74) is 2.28. The molecule has 2 heterocycles. The molecule has 196 valence electrons. The summed E-state index contributed by atoms with van der Waals surface area (Å²) in [6.07, 6.45) is 6.11. The molecule has 2 aliphatic rings. The maximum Gasteiger partial charge on any atom is 0.242 e. The molecule has 35 heavy (non-hydrogen) atoms. The van der Waals surface area contributed by atoms with Gasteiger partial charge in [0, 0.05) is 26.3 Å². The van der Waals surface area contributed by atoms with Crippen LogP contribution in [-0.4, -0.2) is 55.6 Å². The number of hydrogen-bond donors (Lipinski definition) is 2. The summed E-state index contributed by atoms with van der Waals surface area (Å²) in [5.74, 6) is 0.632. The molecule has 2 amide bonds. The highest BCUT2D eigenvalue weighted by Crippen LogP contribution is 2.38. The van der Waals surface area contributed by atoms with Crippen molar-refractivity contribution >= 4 is 11.8 Å². The zero-order chi connectivity index (χ0) is 25.3. The van der Waals surface area contributed by atoms with Gasteiger partial charge in [0.2, 0.25) is 11.8 Å². The zero-order valence-corrected chi connectivity index (χ0v) is 22.4. The van der Waals surface area contributed by atoms with Crippen molar-refractivity contribution in [3.63, 3.8) is 0 Å². The number of rotatable bonds is 5. The van der Waals surface area contributed by atoms with Gasteiger partial charge < -0.3 is 15.4 Å². The Morgan fingerprint density at radius 2 is 1.69 bits per heavy atom. The van der Waals surface area contributed by atoms with Crippen LogP contribution in [0.4, 0.5) is 0 Å². The van der Waals surface area contributed by atoms with E-state index in [0.717, 1.165) is 71.2 Å². The van der Waals surface area contributed by atoms with Crippen LogP contribution >= 0.6 is 0 Å². The number of carbonyl (C=O) groups excluding carboxylic acids is 2. The van der Waals surface area contributed by atoms with Crippen molar-refractivity contribution in [1.82, 2.24) is 15.5 Å². The number of likely N-dealkylation sites (tertiary alicyclic amines) is 1. The number of ether oxygens (including phenoxy) is 1. The molecule has 3 rings (SSSR count). The summed E-state index contributed by atoms with van der Waals surface area (Å²) in [4.78, 5) is 29.2. The first-order valence-electron chi connectivity index (χ1n) is 13.8. The average molecular weight is 486 g/mol. The maximum atomic E-state index is 13.8. The Kier molecular flexibility index (Phi) is 10.6. The van der Waals surface area contributed by atoms with Gasteiger partial charge in [-0.25, -0.2) is 0 Å². The summed E-state index contributed by atoms with van der Waals surface area (Å²) in [5, 5.41) is 6.23. The van der Waals surface area contributed by atoms with E-state index in [9.17, 15) is 9.59 Å². The smallest absolute Gasteiger partial charge is 0.242 e. The number of hydrogen-bond acceptors (Lipinski definition) is 4. The first kappa shape index (κ1) is 27.7. The van der Waals surface area contributed by atoms with Gasteiger partial charge in [0.15, 0.2) is 0 Å². The van der Waals surface area contributed by atoms with E-state index in [1.165, 1.54) is 11.1 Å². The first-order chi connectivity index (χ1) is 16.8. The lowest BCUT2D eigenvalue weighted by Crippen LogP contribution is -2.56. The second-order valence-electron chi connectivity index (χ2n) is 11.0. The number of nitrogens with zero attached hydrogens (tertiary/aromatic N) is 1. The molecule has 2 saturated heterocycles. The van der Waals surface area contributed by atoms with Crippen LogP contribution in [0.1, 0.15) is 89.7 Å². The minimum Gasteiger partial charge on any atom is -0.381 e. The minimum absolute atomic E-state index is 0.0665. The summed E-state index contributed by atoms with van der Waals surface area (Å²) < 4.78 is 5.76. The van der Waals surface area contributed by atoms with Crippen LogP contribution in [0.3, 0.4) is 0 Å². The largest absolute Gasteiger partial charge is 0.381 e. The number of nitrogens with one attached hydrogen (secondary N) is 2. The number of piperidine rings is 1. The third kappa shape index (κ3) is 7.78. The number of carbonyl (C=O) groups is 2. The molecule has 0 aromatic heterocycles. The molecule has 1 aromatic carbocycles. The Bertz CT molecular complexity index is 800. The third-order valence-corrected chi connectivity index (χ3v) is 8.09. The summed E-state index contributed by atoms with van der Waals surface area (Å²) in [7, 11) is 0. The zero-order valence-electron chi connectivity index (χ0n) is 22.4. The number of benzene rings is 1. The molecule has 1 spiro atoms. The van der Waals surface area contributed by atoms with Gasteiger partial charge in [0.25, 0.3) is 0 Å². The molecular formula is C29H47N3O3. The van der Waals surface area contributed by atoms with Gasteiger partial charge in [0.1, 0.15) is 6.04 Å². The molecule has 6 nitrogen and oxygen atoms in total. The van der Waals surface area contributed by atoms with Crippen LogP contribution in [0.25, 0.3) is 0 Å². The predicted molar refractivity (Wildman–Crippen MR) is 141 cm³/mol. The molecule has 2 aliphatic heterocycles. The van der Waals surface area contributed by atoms with Crippen molar-refractivity contribution in [2.45, 2.75) is 91.1 Å². The Balaban J connectivity index is 1.69. The van der Waals surface area contributed by atoms with Gasteiger partial charge in [-0.2, -0.15) is 0 Å². The molecule has 1 aromatic rings. The van der Waals surface area contributed by atoms with Crippen LogP contribution < -0.4 is 10.6 Å². The molecule has 0 radical (unpaired) electrons. The molecule has 0 aliphatic carbocycles. The fraction of sp³-hybridized carbons (Fsp3) is 0.724. The molecule has 2 N–H and O–H groups in total. The quantitative estimate of drug-likeness (QED) is 0.638. The van der Waals surface area contributed by atoms with Gasteiger partial charge in [-0.15, -0.1) is 0 Å². The Morgan fingerprint density at radius 1 is 1.00 bits per heavy atom. The summed E-state index contributed by atoms with van der Waals surface area (Å²) in [6, 6.07) is 8.47. The molecule has 2 atom stereocenters. The average Bonchev–Trinajstić information content (AvgIpc) is 2.86. The second kappa shape index (κ2) is 13.4. The lowest BCUT2D eigenvalue weighted by atomic mass is 9.73. The van der Waals surface area contributed by atoms with E-state index in [1.807, 2.05) is 0 Å². The van der Waals surface area contributed by atoms with Crippen LogP contribution in [0.5, 0.6) is 0 Å². The van der Waals surface area contributed by atoms with Crippen molar-refractivity contribution in [3.8, 4) is 0 Å². The van der Waals surface area contributed by atoms with Crippen molar-refractivity contribution < 1.29 is 14.3 Å². The van der Waals surface area contributed by atoms with E-state index in [2.05, 4.69) is 67.5 Å². The van der Waals surface area contributed by atoms with Crippen LogP contribution in [0, 0.1) is 11.3 Å². The van der Waals surface area contributed by atoms with Gasteiger partial charge in [-0.1, -0.05) is 64.8 Å². The van der Waals surface area contributed by atoms with E-state index in [4.69, 9.17) is 4.74 Å². The normalized spacial score (nSPS) is 24.0. The summed E-state index contributed by atoms with van der Waals surface area (Å²) >= 11 is 0. The van der Waals surface area contributed by atoms with Crippen molar-refractivity contribution in [2.24, 2.45) is 11.3 Å². The number of amides is 2. The monoisotopic (exact) mass is 485 g/mol.